The molecule has 1 N–H and O–H groups in total. The number of hydrogen-bond donors (Lipinski definition) is 1. The van der Waals surface area contributed by atoms with E-state index >= 15 is 0 Å². The van der Waals surface area contributed by atoms with E-state index in [0.717, 1.165) is 17.3 Å². The number of hydrogen-bond acceptors (Lipinski definition) is 4. The molecular formula is C13H21N3O. The minimum absolute atomic E-state index is 0.0998. The highest BCUT2D eigenvalue weighted by Gasteiger charge is 2.38. The monoisotopic (exact) mass is 235 g/mol. The van der Waals surface area contributed by atoms with E-state index in [4.69, 9.17) is 4.74 Å². The molecule has 94 valence electrons. The first-order valence-corrected chi connectivity index (χ1v) is 6.27. The fraction of sp³-hybridized carbons (Fsp3) is 0.692. The molecule has 0 atom stereocenters. The maximum Gasteiger partial charge on any atom is 0.221 e. The van der Waals surface area contributed by atoms with Gasteiger partial charge in [-0.15, -0.1) is 0 Å². The summed E-state index contributed by atoms with van der Waals surface area (Å²) in [5, 5.41) is 3.52. The fourth-order valence-electron chi connectivity index (χ4n) is 2.05. The Hall–Kier alpha value is -1.32. The summed E-state index contributed by atoms with van der Waals surface area (Å²) < 4.78 is 5.48. The Bertz CT molecular complexity index is 400. The van der Waals surface area contributed by atoms with Crippen molar-refractivity contribution in [3.05, 3.63) is 11.9 Å². The van der Waals surface area contributed by atoms with Gasteiger partial charge >= 0.3 is 0 Å². The number of nitrogens with one attached hydrogen (secondary N) is 1. The smallest absolute Gasteiger partial charge is 0.221 e. The van der Waals surface area contributed by atoms with E-state index in [2.05, 4.69) is 29.1 Å². The summed E-state index contributed by atoms with van der Waals surface area (Å²) in [4.78, 5) is 8.46. The molecule has 0 saturated heterocycles. The van der Waals surface area contributed by atoms with Crippen molar-refractivity contribution in [2.45, 2.75) is 46.1 Å². The summed E-state index contributed by atoms with van der Waals surface area (Å²) in [5.74, 6) is 2.32. The summed E-state index contributed by atoms with van der Waals surface area (Å²) >= 11 is 0. The Balaban J connectivity index is 2.17. The van der Waals surface area contributed by atoms with Gasteiger partial charge in [0, 0.05) is 5.54 Å². The summed E-state index contributed by atoms with van der Waals surface area (Å²) in [5.41, 5.74) is 1.09. The number of ether oxygens (including phenoxy) is 1. The molecule has 17 heavy (non-hydrogen) atoms. The molecule has 4 nitrogen and oxygen atoms in total. The quantitative estimate of drug-likeness (QED) is 0.852. The molecule has 1 aliphatic carbocycles. The van der Waals surface area contributed by atoms with Crippen LogP contribution in [0.5, 0.6) is 5.88 Å². The van der Waals surface area contributed by atoms with E-state index in [9.17, 15) is 0 Å². The van der Waals surface area contributed by atoms with Crippen LogP contribution in [-0.4, -0.2) is 22.1 Å². The molecule has 1 aromatic rings. The van der Waals surface area contributed by atoms with Crippen molar-refractivity contribution < 1.29 is 4.74 Å². The van der Waals surface area contributed by atoms with Gasteiger partial charge in [0.25, 0.3) is 0 Å². The SMILES string of the molecule is CCOc1ncnc(NC(C)(C)C2CC2)c1C. The molecule has 0 spiro atoms. The maximum atomic E-state index is 5.48. The number of aromatic nitrogens is 2. The maximum absolute atomic E-state index is 5.48. The van der Waals surface area contributed by atoms with Gasteiger partial charge in [-0.05, 0) is 46.5 Å². The number of nitrogens with zero attached hydrogens (tertiary/aromatic N) is 2. The molecule has 1 saturated carbocycles. The minimum atomic E-state index is 0.0998. The lowest BCUT2D eigenvalue weighted by Gasteiger charge is -2.27. The van der Waals surface area contributed by atoms with Crippen LogP contribution in [0, 0.1) is 12.8 Å². The van der Waals surface area contributed by atoms with Crippen molar-refractivity contribution in [2.75, 3.05) is 11.9 Å². The van der Waals surface area contributed by atoms with E-state index in [1.807, 2.05) is 13.8 Å². The molecule has 1 aromatic heterocycles. The van der Waals surface area contributed by atoms with Crippen LogP contribution in [0.1, 0.15) is 39.2 Å². The third-order valence-electron chi connectivity index (χ3n) is 3.36. The van der Waals surface area contributed by atoms with Gasteiger partial charge in [-0.3, -0.25) is 0 Å². The Morgan fingerprint density at radius 3 is 2.71 bits per heavy atom. The zero-order valence-electron chi connectivity index (χ0n) is 11.1. The highest BCUT2D eigenvalue weighted by molar-refractivity contribution is 5.49. The zero-order chi connectivity index (χ0) is 12.5. The Kier molecular flexibility index (Phi) is 3.22. The van der Waals surface area contributed by atoms with Gasteiger partial charge in [0.15, 0.2) is 0 Å². The van der Waals surface area contributed by atoms with Crippen molar-refractivity contribution in [1.82, 2.24) is 9.97 Å². The van der Waals surface area contributed by atoms with Crippen molar-refractivity contribution in [3.63, 3.8) is 0 Å². The van der Waals surface area contributed by atoms with Crippen LogP contribution >= 0.6 is 0 Å². The summed E-state index contributed by atoms with van der Waals surface area (Å²) in [6.07, 6.45) is 4.17. The zero-order valence-corrected chi connectivity index (χ0v) is 11.1. The van der Waals surface area contributed by atoms with E-state index in [-0.39, 0.29) is 5.54 Å². The number of anilines is 1. The third-order valence-corrected chi connectivity index (χ3v) is 3.36. The van der Waals surface area contributed by atoms with Crippen LogP contribution in [0.4, 0.5) is 5.82 Å². The van der Waals surface area contributed by atoms with E-state index in [0.29, 0.717) is 12.5 Å². The molecule has 0 aromatic carbocycles. The Labute approximate surface area is 103 Å². The van der Waals surface area contributed by atoms with Gasteiger partial charge in [0.05, 0.1) is 12.2 Å². The lowest BCUT2D eigenvalue weighted by atomic mass is 9.98. The summed E-state index contributed by atoms with van der Waals surface area (Å²) in [6, 6.07) is 0. The van der Waals surface area contributed by atoms with Crippen molar-refractivity contribution in [2.24, 2.45) is 5.92 Å². The van der Waals surface area contributed by atoms with Gasteiger partial charge < -0.3 is 10.1 Å². The number of rotatable bonds is 5. The molecule has 4 heteroatoms. The fourth-order valence-corrected chi connectivity index (χ4v) is 2.05. The van der Waals surface area contributed by atoms with Crippen LogP contribution in [0.3, 0.4) is 0 Å². The largest absolute Gasteiger partial charge is 0.478 e. The topological polar surface area (TPSA) is 47.0 Å². The first-order valence-electron chi connectivity index (χ1n) is 6.27. The molecule has 0 radical (unpaired) electrons. The first-order chi connectivity index (χ1) is 8.04. The molecule has 1 fully saturated rings. The van der Waals surface area contributed by atoms with E-state index in [1.54, 1.807) is 6.33 Å². The van der Waals surface area contributed by atoms with Crippen molar-refractivity contribution >= 4 is 5.82 Å². The van der Waals surface area contributed by atoms with Gasteiger partial charge in [-0.1, -0.05) is 0 Å². The van der Waals surface area contributed by atoms with Crippen molar-refractivity contribution in [3.8, 4) is 5.88 Å². The Morgan fingerprint density at radius 1 is 1.41 bits per heavy atom. The molecular weight excluding hydrogens is 214 g/mol. The van der Waals surface area contributed by atoms with Gasteiger partial charge in [-0.25, -0.2) is 9.97 Å². The van der Waals surface area contributed by atoms with Crippen molar-refractivity contribution in [1.29, 1.82) is 0 Å². The first kappa shape index (κ1) is 12.1. The molecule has 0 amide bonds. The highest BCUT2D eigenvalue weighted by atomic mass is 16.5. The van der Waals surface area contributed by atoms with Gasteiger partial charge in [0.2, 0.25) is 5.88 Å². The van der Waals surface area contributed by atoms with Gasteiger partial charge in [0.1, 0.15) is 12.1 Å². The highest BCUT2D eigenvalue weighted by Crippen LogP contribution is 2.41. The summed E-state index contributed by atoms with van der Waals surface area (Å²) in [6.45, 7) is 9.04. The third kappa shape index (κ3) is 2.68. The van der Waals surface area contributed by atoms with Crippen LogP contribution in [0.2, 0.25) is 0 Å². The standard InChI is InChI=1S/C13H21N3O/c1-5-17-12-9(2)11(14-8-15-12)16-13(3,4)10-6-7-10/h8,10H,5-7H2,1-4H3,(H,14,15,16). The lowest BCUT2D eigenvalue weighted by Crippen LogP contribution is -2.34. The van der Waals surface area contributed by atoms with Gasteiger partial charge in [-0.2, -0.15) is 0 Å². The summed E-state index contributed by atoms with van der Waals surface area (Å²) in [7, 11) is 0. The van der Waals surface area contributed by atoms with Crippen LogP contribution < -0.4 is 10.1 Å². The molecule has 2 rings (SSSR count). The second-order valence-corrected chi connectivity index (χ2v) is 5.21. The van der Waals surface area contributed by atoms with E-state index < -0.39 is 0 Å². The lowest BCUT2D eigenvalue weighted by molar-refractivity contribution is 0.323. The Morgan fingerprint density at radius 2 is 2.12 bits per heavy atom. The normalized spacial score (nSPS) is 15.8. The second kappa shape index (κ2) is 4.51. The molecule has 0 bridgehead atoms. The average molecular weight is 235 g/mol. The minimum Gasteiger partial charge on any atom is -0.478 e. The molecule has 0 unspecified atom stereocenters. The van der Waals surface area contributed by atoms with Crippen LogP contribution in [-0.2, 0) is 0 Å². The average Bonchev–Trinajstić information content (AvgIpc) is 3.08. The van der Waals surface area contributed by atoms with Crippen LogP contribution in [0.15, 0.2) is 6.33 Å². The van der Waals surface area contributed by atoms with Crippen LogP contribution in [0.25, 0.3) is 0 Å². The molecule has 1 heterocycles. The predicted molar refractivity (Wildman–Crippen MR) is 68.4 cm³/mol. The predicted octanol–water partition coefficient (Wildman–Crippen LogP) is 2.78. The molecule has 0 aliphatic heterocycles. The van der Waals surface area contributed by atoms with E-state index in [1.165, 1.54) is 12.8 Å². The second-order valence-electron chi connectivity index (χ2n) is 5.21. The molecule has 1 aliphatic rings.